The van der Waals surface area contributed by atoms with Gasteiger partial charge < -0.3 is 26.4 Å². The number of carbonyl (C=O) groups is 1. The largest absolute Gasteiger partial charge is 0.492 e. The van der Waals surface area contributed by atoms with Gasteiger partial charge in [-0.15, -0.1) is 11.3 Å². The van der Waals surface area contributed by atoms with Gasteiger partial charge in [0.1, 0.15) is 18.2 Å². The molecule has 2 bridgehead atoms. The molecule has 3 aromatic rings. The normalized spacial score (nSPS) is 24.6. The summed E-state index contributed by atoms with van der Waals surface area (Å²) in [5, 5.41) is 12.5. The summed E-state index contributed by atoms with van der Waals surface area (Å²) in [5.74, 6) is 2.93. The van der Waals surface area contributed by atoms with E-state index >= 15 is 0 Å². The molecule has 5 N–H and O–H groups in total. The van der Waals surface area contributed by atoms with E-state index in [-0.39, 0.29) is 29.7 Å². The van der Waals surface area contributed by atoms with Crippen LogP contribution in [0.25, 0.3) is 10.2 Å². The molecule has 3 aliphatic rings. The van der Waals surface area contributed by atoms with E-state index in [4.69, 9.17) is 20.4 Å². The van der Waals surface area contributed by atoms with Gasteiger partial charge in [0, 0.05) is 18.3 Å². The van der Waals surface area contributed by atoms with Crippen LogP contribution in [-0.2, 0) is 4.79 Å². The number of aromatic nitrogens is 2. The van der Waals surface area contributed by atoms with E-state index in [0.29, 0.717) is 12.6 Å². The summed E-state index contributed by atoms with van der Waals surface area (Å²) in [6.07, 6.45) is 15.0. The Morgan fingerprint density at radius 3 is 2.58 bits per heavy atom. The highest BCUT2D eigenvalue weighted by atomic mass is 32.1. The Bertz CT molecular complexity index is 1320. The van der Waals surface area contributed by atoms with E-state index in [1.807, 2.05) is 35.7 Å². The second-order valence-electron chi connectivity index (χ2n) is 11.5. The molecule has 2 aromatic heterocycles. The Labute approximate surface area is 240 Å². The number of allylic oxidation sites excluding steroid dienone is 1. The van der Waals surface area contributed by atoms with Crippen LogP contribution in [0.1, 0.15) is 51.4 Å². The molecule has 2 fully saturated rings. The molecule has 2 saturated carbocycles. The number of fused-ring (bicyclic) bond motifs is 3. The zero-order valence-corrected chi connectivity index (χ0v) is 23.8. The fourth-order valence-electron chi connectivity index (χ4n) is 6.64. The highest BCUT2D eigenvalue weighted by Crippen LogP contribution is 2.45. The zero-order valence-electron chi connectivity index (χ0n) is 23.0. The topological polar surface area (TPSA) is 114 Å². The summed E-state index contributed by atoms with van der Waals surface area (Å²) in [6, 6.07) is 9.84. The highest BCUT2D eigenvalue weighted by molar-refractivity contribution is 7.17. The van der Waals surface area contributed by atoms with Crippen LogP contribution in [-0.4, -0.2) is 41.6 Å². The first kappa shape index (κ1) is 27.0. The smallest absolute Gasteiger partial charge is 0.229 e. The Morgan fingerprint density at radius 2 is 1.77 bits per heavy atom. The summed E-state index contributed by atoms with van der Waals surface area (Å²) in [4.78, 5) is 21.7. The first-order valence-corrected chi connectivity index (χ1v) is 15.7. The third kappa shape index (κ3) is 6.25. The lowest BCUT2D eigenvalue weighted by Crippen LogP contribution is -2.41. The van der Waals surface area contributed by atoms with Crippen LogP contribution in [0.3, 0.4) is 0 Å². The van der Waals surface area contributed by atoms with Gasteiger partial charge >= 0.3 is 0 Å². The van der Waals surface area contributed by atoms with Crippen molar-refractivity contribution < 1.29 is 9.53 Å². The number of nitrogens with zero attached hydrogens (tertiary/aromatic N) is 2. The molecule has 1 aromatic carbocycles. The molecule has 40 heavy (non-hydrogen) atoms. The van der Waals surface area contributed by atoms with Crippen molar-refractivity contribution in [3.63, 3.8) is 0 Å². The van der Waals surface area contributed by atoms with Crippen molar-refractivity contribution in [2.45, 2.75) is 57.4 Å². The van der Waals surface area contributed by atoms with Crippen molar-refractivity contribution in [2.75, 3.05) is 30.3 Å². The minimum Gasteiger partial charge on any atom is -0.492 e. The molecular weight excluding hydrogens is 520 g/mol. The second-order valence-corrected chi connectivity index (χ2v) is 12.4. The summed E-state index contributed by atoms with van der Waals surface area (Å²) in [7, 11) is 0. The Kier molecular flexibility index (Phi) is 8.48. The van der Waals surface area contributed by atoms with Gasteiger partial charge in [-0.05, 0) is 79.3 Å². The average molecular weight is 561 g/mol. The van der Waals surface area contributed by atoms with Crippen molar-refractivity contribution in [1.29, 1.82) is 0 Å². The fourth-order valence-corrected chi connectivity index (χ4v) is 7.42. The number of thiophene rings is 1. The number of anilines is 3. The maximum atomic E-state index is 12.2. The quantitative estimate of drug-likeness (QED) is 0.172. The SMILES string of the molecule is NC(=O)C1C2C=CC(C2)C1Nc1nc(Nc2ccc(OCCNCC3CCCCCCC3)cc2)nc2ccsc12. The van der Waals surface area contributed by atoms with Gasteiger partial charge in [-0.3, -0.25) is 4.79 Å². The van der Waals surface area contributed by atoms with Crippen LogP contribution >= 0.6 is 11.3 Å². The van der Waals surface area contributed by atoms with Crippen LogP contribution in [0.5, 0.6) is 5.75 Å². The van der Waals surface area contributed by atoms with Crippen molar-refractivity contribution in [2.24, 2.45) is 29.4 Å². The monoisotopic (exact) mass is 560 g/mol. The second kappa shape index (κ2) is 12.6. The van der Waals surface area contributed by atoms with E-state index in [9.17, 15) is 4.79 Å². The number of hydrogen-bond donors (Lipinski definition) is 4. The van der Waals surface area contributed by atoms with Crippen molar-refractivity contribution >= 4 is 44.9 Å². The molecule has 0 spiro atoms. The minimum absolute atomic E-state index is 0.0526. The van der Waals surface area contributed by atoms with Crippen LogP contribution in [0.2, 0.25) is 0 Å². The number of primary amides is 1. The van der Waals surface area contributed by atoms with Gasteiger partial charge in [-0.1, -0.05) is 44.3 Å². The van der Waals surface area contributed by atoms with Crippen molar-refractivity contribution in [1.82, 2.24) is 15.3 Å². The molecule has 3 aliphatic carbocycles. The molecule has 0 aliphatic heterocycles. The number of benzene rings is 1. The zero-order chi connectivity index (χ0) is 27.3. The molecule has 4 atom stereocenters. The lowest BCUT2D eigenvalue weighted by atomic mass is 9.88. The third-order valence-electron chi connectivity index (χ3n) is 8.71. The highest BCUT2D eigenvalue weighted by Gasteiger charge is 2.47. The Morgan fingerprint density at radius 1 is 1.00 bits per heavy atom. The predicted octanol–water partition coefficient (Wildman–Crippen LogP) is 5.85. The summed E-state index contributed by atoms with van der Waals surface area (Å²) in [5.41, 5.74) is 7.53. The molecule has 6 rings (SSSR count). The molecule has 9 heteroatoms. The lowest BCUT2D eigenvalue weighted by Gasteiger charge is -2.27. The van der Waals surface area contributed by atoms with Crippen LogP contribution < -0.4 is 26.4 Å². The molecule has 2 heterocycles. The van der Waals surface area contributed by atoms with Crippen molar-refractivity contribution in [3.05, 3.63) is 47.9 Å². The molecule has 212 valence electrons. The number of rotatable bonds is 11. The third-order valence-corrected chi connectivity index (χ3v) is 9.62. The Balaban J connectivity index is 1.03. The standard InChI is InChI=1S/C31H40N6O2S/c32-29(38)26-21-8-9-22(18-21)27(26)36-30-28-25(14-17-40-28)35-31(37-30)34-23-10-12-24(13-11-23)39-16-15-33-19-20-6-4-2-1-3-5-7-20/h8-14,17,20-22,26-27,33H,1-7,15-16,18-19H2,(H2,32,38)(H2,34,35,36,37). The molecule has 4 unspecified atom stereocenters. The molecule has 0 radical (unpaired) electrons. The van der Waals surface area contributed by atoms with E-state index in [1.54, 1.807) is 11.3 Å². The van der Waals surface area contributed by atoms with E-state index < -0.39 is 0 Å². The summed E-state index contributed by atoms with van der Waals surface area (Å²) >= 11 is 1.59. The molecule has 8 nitrogen and oxygen atoms in total. The van der Waals surface area contributed by atoms with Gasteiger partial charge in [-0.2, -0.15) is 4.98 Å². The summed E-state index contributed by atoms with van der Waals surface area (Å²) in [6.45, 7) is 2.60. The van der Waals surface area contributed by atoms with Gasteiger partial charge in [0.05, 0.1) is 16.1 Å². The van der Waals surface area contributed by atoms with Gasteiger partial charge in [0.15, 0.2) is 0 Å². The van der Waals surface area contributed by atoms with Gasteiger partial charge in [-0.25, -0.2) is 4.98 Å². The lowest BCUT2D eigenvalue weighted by molar-refractivity contribution is -0.122. The first-order valence-electron chi connectivity index (χ1n) is 14.8. The maximum absolute atomic E-state index is 12.2. The molecule has 1 amide bonds. The summed E-state index contributed by atoms with van der Waals surface area (Å²) < 4.78 is 6.95. The van der Waals surface area contributed by atoms with Gasteiger partial charge in [0.25, 0.3) is 0 Å². The number of amides is 1. The molecular formula is C31H40N6O2S. The van der Waals surface area contributed by atoms with Crippen molar-refractivity contribution in [3.8, 4) is 5.75 Å². The fraction of sp³-hybridized carbons (Fsp3) is 0.516. The van der Waals surface area contributed by atoms with E-state index in [1.165, 1.54) is 44.9 Å². The molecule has 0 saturated heterocycles. The maximum Gasteiger partial charge on any atom is 0.229 e. The van der Waals surface area contributed by atoms with Crippen LogP contribution in [0, 0.1) is 23.7 Å². The van der Waals surface area contributed by atoms with E-state index in [2.05, 4.69) is 28.1 Å². The number of nitrogens with one attached hydrogen (secondary N) is 3. The Hall–Kier alpha value is -3.17. The van der Waals surface area contributed by atoms with Gasteiger partial charge in [0.2, 0.25) is 11.9 Å². The van der Waals surface area contributed by atoms with Crippen LogP contribution in [0.4, 0.5) is 17.5 Å². The average Bonchev–Trinajstić information content (AvgIpc) is 3.67. The first-order chi connectivity index (χ1) is 19.6. The van der Waals surface area contributed by atoms with E-state index in [0.717, 1.165) is 52.9 Å². The number of nitrogens with two attached hydrogens (primary N) is 1. The number of carbonyl (C=O) groups excluding carboxylic acids is 1. The predicted molar refractivity (Wildman–Crippen MR) is 162 cm³/mol. The number of ether oxygens (including phenoxy) is 1. The van der Waals surface area contributed by atoms with Crippen LogP contribution in [0.15, 0.2) is 47.9 Å². The minimum atomic E-state index is -0.253. The number of hydrogen-bond acceptors (Lipinski definition) is 8.